The third kappa shape index (κ3) is 3.00. The second kappa shape index (κ2) is 5.83. The van der Waals surface area contributed by atoms with E-state index < -0.39 is 15.4 Å². The van der Waals surface area contributed by atoms with Gasteiger partial charge >= 0.3 is 0 Å². The second-order valence-electron chi connectivity index (χ2n) is 4.62. The molecule has 0 aliphatic heterocycles. The van der Waals surface area contributed by atoms with Crippen molar-refractivity contribution in [2.45, 2.75) is 24.1 Å². The average Bonchev–Trinajstić information content (AvgIpc) is 2.48. The van der Waals surface area contributed by atoms with Gasteiger partial charge in [-0.25, -0.2) is 8.42 Å². The number of carbonyl (C=O) groups is 1. The molecule has 1 aliphatic carbocycles. The normalized spacial score (nSPS) is 20.0. The molecule has 1 aliphatic rings. The molecule has 1 aromatic carbocycles. The zero-order valence-electron chi connectivity index (χ0n) is 11.4. The molecule has 0 heterocycles. The van der Waals surface area contributed by atoms with Crippen molar-refractivity contribution in [2.24, 2.45) is 0 Å². The van der Waals surface area contributed by atoms with Gasteiger partial charge in [-0.15, -0.1) is 11.6 Å². The van der Waals surface area contributed by atoms with Crippen LogP contribution in [0, 0.1) is 0 Å². The van der Waals surface area contributed by atoms with Crippen molar-refractivity contribution in [2.75, 3.05) is 0 Å². The molecule has 4 nitrogen and oxygen atoms in total. The zero-order valence-corrected chi connectivity index (χ0v) is 13.7. The van der Waals surface area contributed by atoms with E-state index in [1.54, 1.807) is 32.0 Å². The maximum Gasteiger partial charge on any atom is 0.261 e. The Morgan fingerprint density at radius 1 is 1.10 bits per heavy atom. The minimum absolute atomic E-state index is 0.00993. The lowest BCUT2D eigenvalue weighted by Crippen LogP contribution is -2.31. The van der Waals surface area contributed by atoms with Crippen LogP contribution >= 0.6 is 23.2 Å². The van der Waals surface area contributed by atoms with Gasteiger partial charge in [0.15, 0.2) is 5.78 Å². The number of nitrogens with one attached hydrogen (secondary N) is 1. The third-order valence-corrected chi connectivity index (χ3v) is 5.59. The highest BCUT2D eigenvalue weighted by Crippen LogP contribution is 2.32. The summed E-state index contributed by atoms with van der Waals surface area (Å²) in [5.41, 5.74) is 1.03. The number of benzene rings is 1. The van der Waals surface area contributed by atoms with Gasteiger partial charge in [0.25, 0.3) is 10.0 Å². The number of halogens is 2. The van der Waals surface area contributed by atoms with E-state index in [-0.39, 0.29) is 21.4 Å². The van der Waals surface area contributed by atoms with Crippen molar-refractivity contribution < 1.29 is 13.2 Å². The van der Waals surface area contributed by atoms with Crippen molar-refractivity contribution in [1.29, 1.82) is 0 Å². The molecule has 7 heteroatoms. The molecule has 21 heavy (non-hydrogen) atoms. The molecule has 0 saturated carbocycles. The number of hydrogen-bond acceptors (Lipinski definition) is 3. The first kappa shape index (κ1) is 16.1. The van der Waals surface area contributed by atoms with Crippen LogP contribution in [0.3, 0.4) is 0 Å². The van der Waals surface area contributed by atoms with E-state index >= 15 is 0 Å². The van der Waals surface area contributed by atoms with Crippen LogP contribution in [0.15, 0.2) is 57.1 Å². The SMILES string of the molecule is CC1=C(C)C(NS(=O)(=O)c2ccccc2)=C(Cl)[C@@H](Cl)C1=O. The molecule has 0 unspecified atom stereocenters. The lowest BCUT2D eigenvalue weighted by Gasteiger charge is -2.23. The van der Waals surface area contributed by atoms with Gasteiger partial charge in [0.05, 0.1) is 15.6 Å². The lowest BCUT2D eigenvalue weighted by molar-refractivity contribution is -0.114. The molecule has 0 fully saturated rings. The maximum atomic E-state index is 12.3. The molecule has 1 atom stereocenters. The van der Waals surface area contributed by atoms with Crippen LogP contribution in [-0.2, 0) is 14.8 Å². The average molecular weight is 346 g/mol. The van der Waals surface area contributed by atoms with E-state index in [1.807, 2.05) is 0 Å². The van der Waals surface area contributed by atoms with E-state index in [9.17, 15) is 13.2 Å². The molecular formula is C14H13Cl2NO3S. The van der Waals surface area contributed by atoms with Crippen LogP contribution in [0.5, 0.6) is 0 Å². The molecule has 0 amide bonds. The van der Waals surface area contributed by atoms with Crippen molar-refractivity contribution in [3.05, 3.63) is 52.2 Å². The number of Topliss-reactive ketones (excluding diaryl/α,β-unsaturated/α-hetero) is 1. The van der Waals surface area contributed by atoms with Gasteiger partial charge in [0.2, 0.25) is 0 Å². The first-order valence-electron chi connectivity index (χ1n) is 6.09. The van der Waals surface area contributed by atoms with Gasteiger partial charge in [-0.3, -0.25) is 9.52 Å². The van der Waals surface area contributed by atoms with Crippen LogP contribution in [-0.4, -0.2) is 19.6 Å². The number of ketones is 1. The van der Waals surface area contributed by atoms with E-state index in [1.165, 1.54) is 12.1 Å². The first-order chi connectivity index (χ1) is 9.75. The number of sulfonamides is 1. The van der Waals surface area contributed by atoms with Crippen LogP contribution < -0.4 is 4.72 Å². The predicted octanol–water partition coefficient (Wildman–Crippen LogP) is 2.94. The highest BCUT2D eigenvalue weighted by atomic mass is 35.5. The Hall–Kier alpha value is -1.30. The summed E-state index contributed by atoms with van der Waals surface area (Å²) in [4.78, 5) is 11.9. The van der Waals surface area contributed by atoms with Gasteiger partial charge in [-0.05, 0) is 37.1 Å². The minimum atomic E-state index is -3.79. The summed E-state index contributed by atoms with van der Waals surface area (Å²) >= 11 is 12.0. The Labute approximate surface area is 133 Å². The first-order valence-corrected chi connectivity index (χ1v) is 8.39. The fraction of sp³-hybridized carbons (Fsp3) is 0.214. The van der Waals surface area contributed by atoms with E-state index in [2.05, 4.69) is 4.72 Å². The molecule has 1 N–H and O–H groups in total. The number of carbonyl (C=O) groups excluding carboxylic acids is 1. The zero-order chi connectivity index (χ0) is 15.8. The highest BCUT2D eigenvalue weighted by molar-refractivity contribution is 7.89. The van der Waals surface area contributed by atoms with Crippen molar-refractivity contribution in [3.8, 4) is 0 Å². The maximum absolute atomic E-state index is 12.3. The Morgan fingerprint density at radius 2 is 1.67 bits per heavy atom. The second-order valence-corrected chi connectivity index (χ2v) is 7.14. The fourth-order valence-corrected chi connectivity index (χ4v) is 3.68. The quantitative estimate of drug-likeness (QED) is 0.856. The molecule has 0 bridgehead atoms. The molecule has 0 saturated heterocycles. The Bertz CT molecular complexity index is 752. The van der Waals surface area contributed by atoms with Gasteiger partial charge in [-0.1, -0.05) is 29.8 Å². The minimum Gasteiger partial charge on any atom is -0.292 e. The summed E-state index contributed by atoms with van der Waals surface area (Å²) < 4.78 is 27.1. The number of hydrogen-bond donors (Lipinski definition) is 1. The number of allylic oxidation sites excluding steroid dienone is 3. The molecule has 1 aromatic rings. The van der Waals surface area contributed by atoms with Crippen LogP contribution in [0.4, 0.5) is 0 Å². The van der Waals surface area contributed by atoms with Crippen LogP contribution in [0.1, 0.15) is 13.8 Å². The van der Waals surface area contributed by atoms with Crippen LogP contribution in [0.2, 0.25) is 0 Å². The number of rotatable bonds is 3. The fourth-order valence-electron chi connectivity index (χ4n) is 1.90. The summed E-state index contributed by atoms with van der Waals surface area (Å²) in [5, 5.41) is -1.08. The van der Waals surface area contributed by atoms with Crippen molar-refractivity contribution in [3.63, 3.8) is 0 Å². The highest BCUT2D eigenvalue weighted by Gasteiger charge is 2.32. The standard InChI is InChI=1S/C14H13Cl2NO3S/c1-8-9(2)14(18)12(16)11(15)13(8)17-21(19,20)10-6-4-3-5-7-10/h3-7,12,17H,1-2H3/t12-/m1/s1. The van der Waals surface area contributed by atoms with E-state index in [0.29, 0.717) is 11.1 Å². The van der Waals surface area contributed by atoms with E-state index in [4.69, 9.17) is 23.2 Å². The predicted molar refractivity (Wildman–Crippen MR) is 82.7 cm³/mol. The largest absolute Gasteiger partial charge is 0.292 e. The topological polar surface area (TPSA) is 63.2 Å². The summed E-state index contributed by atoms with van der Waals surface area (Å²) in [6.07, 6.45) is 0. The van der Waals surface area contributed by atoms with Crippen LogP contribution in [0.25, 0.3) is 0 Å². The number of alkyl halides is 1. The molecule has 0 aromatic heterocycles. The van der Waals surface area contributed by atoms with Crippen molar-refractivity contribution in [1.82, 2.24) is 4.72 Å². The summed E-state index contributed by atoms with van der Waals surface area (Å²) in [6, 6.07) is 7.89. The summed E-state index contributed by atoms with van der Waals surface area (Å²) in [7, 11) is -3.79. The molecular weight excluding hydrogens is 333 g/mol. The molecule has 0 spiro atoms. The molecule has 112 valence electrons. The van der Waals surface area contributed by atoms with Gasteiger partial charge in [-0.2, -0.15) is 0 Å². The molecule has 2 rings (SSSR count). The van der Waals surface area contributed by atoms with Gasteiger partial charge in [0, 0.05) is 0 Å². The molecule has 0 radical (unpaired) electrons. The Kier molecular flexibility index (Phi) is 4.46. The summed E-state index contributed by atoms with van der Waals surface area (Å²) in [5.74, 6) is -0.318. The smallest absolute Gasteiger partial charge is 0.261 e. The monoisotopic (exact) mass is 345 g/mol. The van der Waals surface area contributed by atoms with Gasteiger partial charge in [0.1, 0.15) is 5.38 Å². The summed E-state index contributed by atoms with van der Waals surface area (Å²) in [6.45, 7) is 3.22. The Morgan fingerprint density at radius 3 is 2.24 bits per heavy atom. The lowest BCUT2D eigenvalue weighted by atomic mass is 9.96. The Balaban J connectivity index is 2.46. The third-order valence-electron chi connectivity index (χ3n) is 3.29. The van der Waals surface area contributed by atoms with Gasteiger partial charge < -0.3 is 0 Å². The van der Waals surface area contributed by atoms with E-state index in [0.717, 1.165) is 0 Å². The van der Waals surface area contributed by atoms with Crippen molar-refractivity contribution >= 4 is 39.0 Å².